The summed E-state index contributed by atoms with van der Waals surface area (Å²) in [6.07, 6.45) is 0.110. The summed E-state index contributed by atoms with van der Waals surface area (Å²) in [4.78, 5) is 34.6. The van der Waals surface area contributed by atoms with Gasteiger partial charge in [0.2, 0.25) is 11.8 Å². The minimum Gasteiger partial charge on any atom is -0.496 e. The van der Waals surface area contributed by atoms with Crippen LogP contribution in [0.15, 0.2) is 24.3 Å². The van der Waals surface area contributed by atoms with Gasteiger partial charge in [-0.25, -0.2) is 0 Å². The van der Waals surface area contributed by atoms with Crippen molar-refractivity contribution in [2.24, 2.45) is 5.73 Å². The standard InChI is InChI=1S/C16H22N2O5/c1-3-23-15(20)9-8-14(19)18-12(16(17)21)10-11-6-4-5-7-13(11)22-2/h4-7,12H,3,8-10H2,1-2H3,(H2,17,21)(H,18,19)/t12-/m0/s1. The quantitative estimate of drug-likeness (QED) is 0.646. The van der Waals surface area contributed by atoms with Crippen LogP contribution in [0, 0.1) is 0 Å². The van der Waals surface area contributed by atoms with Crippen molar-refractivity contribution in [2.45, 2.75) is 32.2 Å². The Balaban J connectivity index is 2.63. The summed E-state index contributed by atoms with van der Waals surface area (Å²) >= 11 is 0. The molecule has 3 N–H and O–H groups in total. The zero-order valence-electron chi connectivity index (χ0n) is 13.3. The maximum Gasteiger partial charge on any atom is 0.306 e. The van der Waals surface area contributed by atoms with E-state index in [-0.39, 0.29) is 25.9 Å². The molecule has 0 aliphatic heterocycles. The van der Waals surface area contributed by atoms with Gasteiger partial charge in [-0.3, -0.25) is 14.4 Å². The van der Waals surface area contributed by atoms with Crippen LogP contribution in [0.5, 0.6) is 5.75 Å². The lowest BCUT2D eigenvalue weighted by molar-refractivity contribution is -0.144. The third kappa shape index (κ3) is 6.37. The largest absolute Gasteiger partial charge is 0.496 e. The number of nitrogens with two attached hydrogens (primary N) is 1. The molecule has 2 amide bonds. The van der Waals surface area contributed by atoms with E-state index in [1.807, 2.05) is 0 Å². The SMILES string of the molecule is CCOC(=O)CCC(=O)N[C@@H](Cc1ccccc1OC)C(N)=O. The number of primary amides is 1. The van der Waals surface area contributed by atoms with Crippen molar-refractivity contribution in [3.8, 4) is 5.75 Å². The molecule has 0 saturated carbocycles. The van der Waals surface area contributed by atoms with Crippen molar-refractivity contribution < 1.29 is 23.9 Å². The van der Waals surface area contributed by atoms with Gasteiger partial charge in [0.05, 0.1) is 20.1 Å². The van der Waals surface area contributed by atoms with Gasteiger partial charge in [0, 0.05) is 12.8 Å². The lowest BCUT2D eigenvalue weighted by Gasteiger charge is -2.17. The Kier molecular flexibility index (Phi) is 7.59. The molecule has 1 atom stereocenters. The van der Waals surface area contributed by atoms with Gasteiger partial charge >= 0.3 is 5.97 Å². The molecular formula is C16H22N2O5. The van der Waals surface area contributed by atoms with Crippen LogP contribution in [0.4, 0.5) is 0 Å². The van der Waals surface area contributed by atoms with Crippen LogP contribution in [-0.2, 0) is 25.5 Å². The fraction of sp³-hybridized carbons (Fsp3) is 0.438. The fourth-order valence-electron chi connectivity index (χ4n) is 2.03. The van der Waals surface area contributed by atoms with Crippen LogP contribution in [0.1, 0.15) is 25.3 Å². The van der Waals surface area contributed by atoms with Crippen LogP contribution in [0.2, 0.25) is 0 Å². The molecule has 0 unspecified atom stereocenters. The lowest BCUT2D eigenvalue weighted by Crippen LogP contribution is -2.46. The third-order valence-electron chi connectivity index (χ3n) is 3.16. The zero-order valence-corrected chi connectivity index (χ0v) is 13.3. The molecule has 0 spiro atoms. The molecule has 0 radical (unpaired) electrons. The minimum atomic E-state index is -0.874. The summed E-state index contributed by atoms with van der Waals surface area (Å²) in [5, 5.41) is 2.54. The molecular weight excluding hydrogens is 300 g/mol. The molecule has 7 heteroatoms. The topological polar surface area (TPSA) is 108 Å². The Morgan fingerprint density at radius 1 is 1.22 bits per heavy atom. The van der Waals surface area contributed by atoms with E-state index in [0.717, 1.165) is 5.56 Å². The van der Waals surface area contributed by atoms with Crippen molar-refractivity contribution in [3.05, 3.63) is 29.8 Å². The summed E-state index contributed by atoms with van der Waals surface area (Å²) in [5.41, 5.74) is 6.10. The van der Waals surface area contributed by atoms with E-state index < -0.39 is 23.8 Å². The van der Waals surface area contributed by atoms with Gasteiger partial charge in [0.25, 0.3) is 0 Å². The first-order valence-corrected chi connectivity index (χ1v) is 7.34. The summed E-state index contributed by atoms with van der Waals surface area (Å²) in [5.74, 6) is -0.931. The predicted molar refractivity (Wildman–Crippen MR) is 83.7 cm³/mol. The van der Waals surface area contributed by atoms with Gasteiger partial charge in [-0.05, 0) is 18.6 Å². The number of hydrogen-bond donors (Lipinski definition) is 2. The molecule has 1 rings (SSSR count). The van der Waals surface area contributed by atoms with Gasteiger partial charge in [0.1, 0.15) is 11.8 Å². The van der Waals surface area contributed by atoms with Gasteiger partial charge in [-0.15, -0.1) is 0 Å². The van der Waals surface area contributed by atoms with E-state index in [0.29, 0.717) is 5.75 Å². The Morgan fingerprint density at radius 3 is 2.52 bits per heavy atom. The van der Waals surface area contributed by atoms with E-state index in [9.17, 15) is 14.4 Å². The van der Waals surface area contributed by atoms with E-state index in [2.05, 4.69) is 5.32 Å². The number of rotatable bonds is 9. The van der Waals surface area contributed by atoms with E-state index in [1.165, 1.54) is 7.11 Å². The van der Waals surface area contributed by atoms with Gasteiger partial charge in [-0.1, -0.05) is 18.2 Å². The molecule has 1 aromatic rings. The maximum absolute atomic E-state index is 11.9. The van der Waals surface area contributed by atoms with Crippen molar-refractivity contribution in [2.75, 3.05) is 13.7 Å². The average Bonchev–Trinajstić information content (AvgIpc) is 2.53. The Bertz CT molecular complexity index is 559. The minimum absolute atomic E-state index is 0.0419. The van der Waals surface area contributed by atoms with Gasteiger partial charge in [0.15, 0.2) is 0 Å². The highest BCUT2D eigenvalue weighted by atomic mass is 16.5. The molecule has 126 valence electrons. The third-order valence-corrected chi connectivity index (χ3v) is 3.16. The van der Waals surface area contributed by atoms with Crippen LogP contribution in [-0.4, -0.2) is 37.5 Å². The Morgan fingerprint density at radius 2 is 1.91 bits per heavy atom. The van der Waals surface area contributed by atoms with Crippen molar-refractivity contribution in [1.29, 1.82) is 0 Å². The van der Waals surface area contributed by atoms with Crippen molar-refractivity contribution >= 4 is 17.8 Å². The molecule has 0 aromatic heterocycles. The highest BCUT2D eigenvalue weighted by Gasteiger charge is 2.20. The number of carbonyl (C=O) groups is 3. The zero-order chi connectivity index (χ0) is 17.2. The van der Waals surface area contributed by atoms with Crippen LogP contribution < -0.4 is 15.8 Å². The van der Waals surface area contributed by atoms with Gasteiger partial charge < -0.3 is 20.5 Å². The molecule has 23 heavy (non-hydrogen) atoms. The number of ether oxygens (including phenoxy) is 2. The summed E-state index contributed by atoms with van der Waals surface area (Å²) in [6.45, 7) is 1.95. The normalized spacial score (nSPS) is 11.4. The number of hydrogen-bond acceptors (Lipinski definition) is 5. The molecule has 0 bridgehead atoms. The highest BCUT2D eigenvalue weighted by molar-refractivity contribution is 5.88. The number of methoxy groups -OCH3 is 1. The summed E-state index contributed by atoms with van der Waals surface area (Å²) in [6, 6.07) is 6.29. The van der Waals surface area contributed by atoms with Crippen molar-refractivity contribution in [1.82, 2.24) is 5.32 Å². The second-order valence-electron chi connectivity index (χ2n) is 4.84. The van der Waals surface area contributed by atoms with E-state index in [1.54, 1.807) is 31.2 Å². The molecule has 7 nitrogen and oxygen atoms in total. The average molecular weight is 322 g/mol. The monoisotopic (exact) mass is 322 g/mol. The molecule has 0 heterocycles. The first kappa shape index (κ1) is 18.5. The fourth-order valence-corrected chi connectivity index (χ4v) is 2.03. The van der Waals surface area contributed by atoms with E-state index in [4.69, 9.17) is 15.2 Å². The first-order chi connectivity index (χ1) is 11.0. The number of para-hydroxylation sites is 1. The smallest absolute Gasteiger partial charge is 0.306 e. The second-order valence-corrected chi connectivity index (χ2v) is 4.84. The van der Waals surface area contributed by atoms with Crippen LogP contribution in [0.3, 0.4) is 0 Å². The van der Waals surface area contributed by atoms with Gasteiger partial charge in [-0.2, -0.15) is 0 Å². The molecule has 0 aliphatic rings. The first-order valence-electron chi connectivity index (χ1n) is 7.34. The lowest BCUT2D eigenvalue weighted by atomic mass is 10.0. The second kappa shape index (κ2) is 9.45. The van der Waals surface area contributed by atoms with Crippen LogP contribution >= 0.6 is 0 Å². The predicted octanol–water partition coefficient (Wildman–Crippen LogP) is 0.551. The number of carbonyl (C=O) groups excluding carboxylic acids is 3. The number of nitrogens with one attached hydrogen (secondary N) is 1. The number of esters is 1. The number of amides is 2. The Hall–Kier alpha value is -2.57. The Labute approximate surface area is 135 Å². The molecule has 0 fully saturated rings. The molecule has 0 aliphatic carbocycles. The highest BCUT2D eigenvalue weighted by Crippen LogP contribution is 2.19. The van der Waals surface area contributed by atoms with Crippen LogP contribution in [0.25, 0.3) is 0 Å². The van der Waals surface area contributed by atoms with E-state index >= 15 is 0 Å². The summed E-state index contributed by atoms with van der Waals surface area (Å²) in [7, 11) is 1.52. The maximum atomic E-state index is 11.9. The number of benzene rings is 1. The summed E-state index contributed by atoms with van der Waals surface area (Å²) < 4.78 is 9.95. The molecule has 1 aromatic carbocycles. The van der Waals surface area contributed by atoms with Crippen molar-refractivity contribution in [3.63, 3.8) is 0 Å². The molecule has 0 saturated heterocycles.